The number of carbonyl (C=O) groups is 1. The fourth-order valence-electron chi connectivity index (χ4n) is 3.64. The SMILES string of the molecule is COc1ccc(NC(=O)C(C)n2cnc3sc(C)c(-c4ccc(Cl)cc4)c3c2=O)cc1OC. The van der Waals surface area contributed by atoms with Crippen molar-refractivity contribution >= 4 is 44.7 Å². The number of thiophene rings is 1. The van der Waals surface area contributed by atoms with Gasteiger partial charge in [-0.3, -0.25) is 14.2 Å². The molecule has 0 saturated carbocycles. The topological polar surface area (TPSA) is 82.5 Å². The molecule has 0 aliphatic rings. The van der Waals surface area contributed by atoms with Crippen LogP contribution in [0.5, 0.6) is 11.5 Å². The summed E-state index contributed by atoms with van der Waals surface area (Å²) in [6.45, 7) is 3.61. The van der Waals surface area contributed by atoms with Crippen molar-refractivity contribution in [2.45, 2.75) is 19.9 Å². The number of anilines is 1. The number of aryl methyl sites for hydroxylation is 1. The highest BCUT2D eigenvalue weighted by Crippen LogP contribution is 2.36. The second-order valence-electron chi connectivity index (χ2n) is 7.41. The molecule has 0 fully saturated rings. The minimum atomic E-state index is -0.791. The summed E-state index contributed by atoms with van der Waals surface area (Å²) in [5.41, 5.74) is 1.94. The van der Waals surface area contributed by atoms with Gasteiger partial charge in [0.1, 0.15) is 10.9 Å². The Morgan fingerprint density at radius 3 is 2.48 bits per heavy atom. The van der Waals surface area contributed by atoms with E-state index in [0.29, 0.717) is 32.4 Å². The predicted octanol–water partition coefficient (Wildman–Crippen LogP) is 5.30. The van der Waals surface area contributed by atoms with E-state index in [2.05, 4.69) is 10.3 Å². The van der Waals surface area contributed by atoms with Gasteiger partial charge in [0.15, 0.2) is 11.5 Å². The molecule has 170 valence electrons. The minimum absolute atomic E-state index is 0.274. The summed E-state index contributed by atoms with van der Waals surface area (Å²) < 4.78 is 11.9. The summed E-state index contributed by atoms with van der Waals surface area (Å²) in [7, 11) is 3.06. The Morgan fingerprint density at radius 2 is 1.82 bits per heavy atom. The normalized spacial score (nSPS) is 11.9. The van der Waals surface area contributed by atoms with Gasteiger partial charge in [-0.25, -0.2) is 4.98 Å². The van der Waals surface area contributed by atoms with Gasteiger partial charge in [-0.2, -0.15) is 0 Å². The number of rotatable bonds is 6. The second kappa shape index (κ2) is 9.25. The van der Waals surface area contributed by atoms with Gasteiger partial charge in [0.2, 0.25) is 5.91 Å². The van der Waals surface area contributed by atoms with Crippen LogP contribution in [0.4, 0.5) is 5.69 Å². The lowest BCUT2D eigenvalue weighted by Crippen LogP contribution is -2.31. The molecule has 2 aromatic carbocycles. The highest BCUT2D eigenvalue weighted by atomic mass is 35.5. The lowest BCUT2D eigenvalue weighted by atomic mass is 10.0. The van der Waals surface area contributed by atoms with Crippen molar-refractivity contribution in [2.24, 2.45) is 0 Å². The fraction of sp³-hybridized carbons (Fsp3) is 0.208. The molecule has 0 aliphatic carbocycles. The molecule has 1 N–H and O–H groups in total. The number of halogens is 1. The third kappa shape index (κ3) is 4.31. The minimum Gasteiger partial charge on any atom is -0.493 e. The highest BCUT2D eigenvalue weighted by molar-refractivity contribution is 7.19. The molecule has 2 aromatic heterocycles. The molecule has 0 aliphatic heterocycles. The molecule has 4 aromatic rings. The Morgan fingerprint density at radius 1 is 1.12 bits per heavy atom. The van der Waals surface area contributed by atoms with E-state index in [1.54, 1.807) is 37.3 Å². The molecular weight excluding hydrogens is 462 g/mol. The molecule has 4 rings (SSSR count). The Kier molecular flexibility index (Phi) is 6.40. The number of ether oxygens (including phenoxy) is 2. The zero-order valence-corrected chi connectivity index (χ0v) is 20.1. The van der Waals surface area contributed by atoms with Gasteiger partial charge in [0.05, 0.1) is 25.9 Å². The first-order chi connectivity index (χ1) is 15.8. The van der Waals surface area contributed by atoms with Crippen LogP contribution in [-0.4, -0.2) is 29.7 Å². The summed E-state index contributed by atoms with van der Waals surface area (Å²) >= 11 is 7.48. The smallest absolute Gasteiger partial charge is 0.263 e. The molecule has 0 bridgehead atoms. The Hall–Kier alpha value is -3.36. The number of fused-ring (bicyclic) bond motifs is 1. The van der Waals surface area contributed by atoms with Crippen molar-refractivity contribution in [1.82, 2.24) is 9.55 Å². The first-order valence-corrected chi connectivity index (χ1v) is 11.3. The predicted molar refractivity (Wildman–Crippen MR) is 132 cm³/mol. The van der Waals surface area contributed by atoms with Crippen molar-refractivity contribution in [3.63, 3.8) is 0 Å². The second-order valence-corrected chi connectivity index (χ2v) is 9.05. The van der Waals surface area contributed by atoms with Gasteiger partial charge in [0.25, 0.3) is 5.56 Å². The van der Waals surface area contributed by atoms with Gasteiger partial charge in [-0.15, -0.1) is 11.3 Å². The van der Waals surface area contributed by atoms with Crippen LogP contribution in [-0.2, 0) is 4.79 Å². The largest absolute Gasteiger partial charge is 0.493 e. The van der Waals surface area contributed by atoms with Crippen molar-refractivity contribution in [3.8, 4) is 22.6 Å². The van der Waals surface area contributed by atoms with E-state index >= 15 is 0 Å². The maximum atomic E-state index is 13.5. The quantitative estimate of drug-likeness (QED) is 0.402. The molecule has 33 heavy (non-hydrogen) atoms. The molecule has 1 atom stereocenters. The third-order valence-corrected chi connectivity index (χ3v) is 6.66. The Labute approximate surface area is 199 Å². The average Bonchev–Trinajstić information content (AvgIpc) is 3.16. The maximum absolute atomic E-state index is 13.5. The molecule has 1 amide bonds. The van der Waals surface area contributed by atoms with Crippen LogP contribution >= 0.6 is 22.9 Å². The average molecular weight is 484 g/mol. The molecule has 0 spiro atoms. The van der Waals surface area contributed by atoms with E-state index in [1.807, 2.05) is 19.1 Å². The summed E-state index contributed by atoms with van der Waals surface area (Å²) in [5.74, 6) is 0.687. The van der Waals surface area contributed by atoms with E-state index in [1.165, 1.54) is 36.5 Å². The van der Waals surface area contributed by atoms with Crippen molar-refractivity contribution in [1.29, 1.82) is 0 Å². The number of nitrogens with zero attached hydrogens (tertiary/aromatic N) is 2. The number of benzene rings is 2. The molecule has 2 heterocycles. The number of methoxy groups -OCH3 is 2. The lowest BCUT2D eigenvalue weighted by molar-refractivity contribution is -0.118. The summed E-state index contributed by atoms with van der Waals surface area (Å²) in [4.78, 5) is 32.5. The van der Waals surface area contributed by atoms with Gasteiger partial charge in [0, 0.05) is 27.2 Å². The lowest BCUT2D eigenvalue weighted by Gasteiger charge is -2.16. The van der Waals surface area contributed by atoms with Crippen LogP contribution in [0.3, 0.4) is 0 Å². The first-order valence-electron chi connectivity index (χ1n) is 10.1. The van der Waals surface area contributed by atoms with Crippen LogP contribution in [0.1, 0.15) is 17.8 Å². The van der Waals surface area contributed by atoms with Crippen LogP contribution in [0.25, 0.3) is 21.3 Å². The first kappa shape index (κ1) is 22.8. The van der Waals surface area contributed by atoms with E-state index in [9.17, 15) is 9.59 Å². The van der Waals surface area contributed by atoms with E-state index in [-0.39, 0.29) is 11.5 Å². The number of aromatic nitrogens is 2. The van der Waals surface area contributed by atoms with E-state index < -0.39 is 6.04 Å². The van der Waals surface area contributed by atoms with Crippen LogP contribution < -0.4 is 20.3 Å². The van der Waals surface area contributed by atoms with Gasteiger partial charge >= 0.3 is 0 Å². The molecular formula is C24H22ClN3O4S. The Balaban J connectivity index is 1.70. The van der Waals surface area contributed by atoms with E-state index in [0.717, 1.165) is 16.0 Å². The number of hydrogen-bond acceptors (Lipinski definition) is 6. The third-order valence-electron chi connectivity index (χ3n) is 5.39. The molecule has 9 heteroatoms. The number of nitrogens with one attached hydrogen (secondary N) is 1. The standard InChI is InChI=1S/C24H22ClN3O4S/c1-13(22(29)27-17-9-10-18(31-3)19(11-17)32-4)28-12-26-23-21(24(28)30)20(14(2)33-23)15-5-7-16(25)8-6-15/h5-13H,1-4H3,(H,27,29). The van der Waals surface area contributed by atoms with Crippen LogP contribution in [0.15, 0.2) is 53.6 Å². The molecule has 0 radical (unpaired) electrons. The van der Waals surface area contributed by atoms with Gasteiger partial charge in [-0.1, -0.05) is 23.7 Å². The van der Waals surface area contributed by atoms with Crippen LogP contribution in [0.2, 0.25) is 5.02 Å². The highest BCUT2D eigenvalue weighted by Gasteiger charge is 2.22. The van der Waals surface area contributed by atoms with Crippen molar-refractivity contribution < 1.29 is 14.3 Å². The summed E-state index contributed by atoms with van der Waals surface area (Å²) in [5, 5.41) is 3.94. The monoisotopic (exact) mass is 483 g/mol. The van der Waals surface area contributed by atoms with Crippen LogP contribution in [0, 0.1) is 6.92 Å². The van der Waals surface area contributed by atoms with Gasteiger partial charge < -0.3 is 14.8 Å². The summed E-state index contributed by atoms with van der Waals surface area (Å²) in [6, 6.07) is 11.6. The zero-order chi connectivity index (χ0) is 23.7. The molecule has 7 nitrogen and oxygen atoms in total. The van der Waals surface area contributed by atoms with Crippen molar-refractivity contribution in [3.05, 3.63) is 69.0 Å². The molecule has 1 unspecified atom stereocenters. The number of amides is 1. The number of carbonyl (C=O) groups excluding carboxylic acids is 1. The van der Waals surface area contributed by atoms with E-state index in [4.69, 9.17) is 21.1 Å². The zero-order valence-electron chi connectivity index (χ0n) is 18.5. The van der Waals surface area contributed by atoms with Crippen molar-refractivity contribution in [2.75, 3.05) is 19.5 Å². The Bertz CT molecular complexity index is 1400. The fourth-order valence-corrected chi connectivity index (χ4v) is 4.77. The molecule has 0 saturated heterocycles. The maximum Gasteiger partial charge on any atom is 0.263 e. The number of hydrogen-bond donors (Lipinski definition) is 1. The van der Waals surface area contributed by atoms with Gasteiger partial charge in [-0.05, 0) is 43.7 Å². The summed E-state index contributed by atoms with van der Waals surface area (Å²) in [6.07, 6.45) is 1.42.